The van der Waals surface area contributed by atoms with Crippen molar-refractivity contribution in [2.24, 2.45) is 5.84 Å². The van der Waals surface area contributed by atoms with E-state index < -0.39 is 0 Å². The van der Waals surface area contributed by atoms with E-state index in [1.54, 1.807) is 31.4 Å². The molecule has 3 N–H and O–H groups in total. The van der Waals surface area contributed by atoms with Crippen LogP contribution in [0, 0.1) is 0 Å². The van der Waals surface area contributed by atoms with Gasteiger partial charge >= 0.3 is 0 Å². The van der Waals surface area contributed by atoms with Crippen LogP contribution in [0.15, 0.2) is 48.5 Å². The Morgan fingerprint density at radius 3 is 2.20 bits per heavy atom. The first-order valence-electron chi connectivity index (χ1n) is 6.09. The maximum atomic E-state index is 11.3. The summed E-state index contributed by atoms with van der Waals surface area (Å²) in [6.45, 7) is 0.451. The van der Waals surface area contributed by atoms with Crippen molar-refractivity contribution < 1.29 is 14.3 Å². The van der Waals surface area contributed by atoms with E-state index in [0.29, 0.717) is 17.9 Å². The Labute approximate surface area is 117 Å². The molecule has 20 heavy (non-hydrogen) atoms. The molecule has 0 bridgehead atoms. The summed E-state index contributed by atoms with van der Waals surface area (Å²) in [4.78, 5) is 11.3. The summed E-state index contributed by atoms with van der Waals surface area (Å²) in [6, 6.07) is 14.4. The molecule has 2 aromatic carbocycles. The normalized spacial score (nSPS) is 9.90. The highest BCUT2D eigenvalue weighted by Gasteiger charge is 2.03. The molecule has 0 spiro atoms. The SMILES string of the molecule is COc1ccc(COc2ccc(C(=O)NN)cc2)cc1. The standard InChI is InChI=1S/C15H16N2O3/c1-19-13-6-2-11(3-7-13)10-20-14-8-4-12(5-9-14)15(18)17-16/h2-9H,10,16H2,1H3,(H,17,18). The van der Waals surface area contributed by atoms with Gasteiger partial charge in [0.25, 0.3) is 5.91 Å². The van der Waals surface area contributed by atoms with Gasteiger partial charge in [0.2, 0.25) is 0 Å². The van der Waals surface area contributed by atoms with Crippen LogP contribution in [0.3, 0.4) is 0 Å². The quantitative estimate of drug-likeness (QED) is 0.495. The number of hydrazine groups is 1. The molecule has 104 valence electrons. The molecular formula is C15H16N2O3. The Balaban J connectivity index is 1.94. The lowest BCUT2D eigenvalue weighted by Crippen LogP contribution is -2.29. The molecule has 0 unspecified atom stereocenters. The Morgan fingerprint density at radius 1 is 1.05 bits per heavy atom. The first-order valence-corrected chi connectivity index (χ1v) is 6.09. The molecule has 0 atom stereocenters. The van der Waals surface area contributed by atoms with Crippen LogP contribution in [0.2, 0.25) is 0 Å². The Hall–Kier alpha value is -2.53. The van der Waals surface area contributed by atoms with Gasteiger partial charge in [-0.15, -0.1) is 0 Å². The lowest BCUT2D eigenvalue weighted by molar-refractivity contribution is 0.0953. The maximum Gasteiger partial charge on any atom is 0.265 e. The smallest absolute Gasteiger partial charge is 0.265 e. The van der Waals surface area contributed by atoms with Gasteiger partial charge in [0, 0.05) is 5.56 Å². The second-order valence-electron chi connectivity index (χ2n) is 4.13. The van der Waals surface area contributed by atoms with Crippen LogP contribution >= 0.6 is 0 Å². The van der Waals surface area contributed by atoms with E-state index in [2.05, 4.69) is 5.43 Å². The summed E-state index contributed by atoms with van der Waals surface area (Å²) in [5.74, 6) is 6.23. The Bertz CT molecular complexity index is 565. The molecule has 1 amide bonds. The van der Waals surface area contributed by atoms with Gasteiger partial charge in [-0.2, -0.15) is 0 Å². The van der Waals surface area contributed by atoms with Gasteiger partial charge < -0.3 is 9.47 Å². The third-order valence-electron chi connectivity index (χ3n) is 2.81. The predicted molar refractivity (Wildman–Crippen MR) is 75.4 cm³/mol. The zero-order valence-electron chi connectivity index (χ0n) is 11.1. The number of nitrogens with one attached hydrogen (secondary N) is 1. The molecule has 2 aromatic rings. The van der Waals surface area contributed by atoms with Crippen molar-refractivity contribution in [3.63, 3.8) is 0 Å². The summed E-state index contributed by atoms with van der Waals surface area (Å²) in [5, 5.41) is 0. The molecule has 2 rings (SSSR count). The number of carbonyl (C=O) groups excluding carboxylic acids is 1. The van der Waals surface area contributed by atoms with E-state index >= 15 is 0 Å². The minimum Gasteiger partial charge on any atom is -0.497 e. The zero-order valence-corrected chi connectivity index (χ0v) is 11.1. The Kier molecular flexibility index (Phi) is 4.57. The number of nitrogens with two attached hydrogens (primary N) is 1. The topological polar surface area (TPSA) is 73.6 Å². The van der Waals surface area contributed by atoms with Gasteiger partial charge in [0.15, 0.2) is 0 Å². The average Bonchev–Trinajstić information content (AvgIpc) is 2.53. The third kappa shape index (κ3) is 3.49. The van der Waals surface area contributed by atoms with E-state index in [1.807, 2.05) is 24.3 Å². The predicted octanol–water partition coefficient (Wildman–Crippen LogP) is 1.88. The minimum atomic E-state index is -0.327. The van der Waals surface area contributed by atoms with Crippen LogP contribution in [0.25, 0.3) is 0 Å². The summed E-state index contributed by atoms with van der Waals surface area (Å²) >= 11 is 0. The van der Waals surface area contributed by atoms with E-state index in [0.717, 1.165) is 11.3 Å². The molecule has 0 aliphatic carbocycles. The average molecular weight is 272 g/mol. The summed E-state index contributed by atoms with van der Waals surface area (Å²) in [5.41, 5.74) is 3.60. The van der Waals surface area contributed by atoms with Crippen LogP contribution < -0.4 is 20.7 Å². The number of carbonyl (C=O) groups is 1. The lowest BCUT2D eigenvalue weighted by atomic mass is 10.2. The second-order valence-corrected chi connectivity index (χ2v) is 4.13. The van der Waals surface area contributed by atoms with Gasteiger partial charge in [-0.05, 0) is 42.0 Å². The molecular weight excluding hydrogens is 256 g/mol. The highest BCUT2D eigenvalue weighted by atomic mass is 16.5. The molecule has 0 aliphatic rings. The molecule has 0 heterocycles. The van der Waals surface area contributed by atoms with Crippen LogP contribution in [-0.2, 0) is 6.61 Å². The van der Waals surface area contributed by atoms with Crippen molar-refractivity contribution >= 4 is 5.91 Å². The maximum absolute atomic E-state index is 11.3. The third-order valence-corrected chi connectivity index (χ3v) is 2.81. The first-order chi connectivity index (χ1) is 9.72. The van der Waals surface area contributed by atoms with E-state index in [-0.39, 0.29) is 5.91 Å². The molecule has 0 saturated heterocycles. The minimum absolute atomic E-state index is 0.327. The van der Waals surface area contributed by atoms with Crippen molar-refractivity contribution in [1.82, 2.24) is 5.43 Å². The number of hydrogen-bond acceptors (Lipinski definition) is 4. The molecule has 5 heteroatoms. The van der Waals surface area contributed by atoms with Crippen LogP contribution in [-0.4, -0.2) is 13.0 Å². The highest BCUT2D eigenvalue weighted by Crippen LogP contribution is 2.16. The van der Waals surface area contributed by atoms with Gasteiger partial charge in [-0.3, -0.25) is 10.2 Å². The number of ether oxygens (including phenoxy) is 2. The number of rotatable bonds is 5. The van der Waals surface area contributed by atoms with Crippen LogP contribution in [0.5, 0.6) is 11.5 Å². The number of benzene rings is 2. The molecule has 0 radical (unpaired) electrons. The van der Waals surface area contributed by atoms with Gasteiger partial charge in [0.05, 0.1) is 7.11 Å². The van der Waals surface area contributed by atoms with Crippen LogP contribution in [0.1, 0.15) is 15.9 Å². The van der Waals surface area contributed by atoms with Gasteiger partial charge in [0.1, 0.15) is 18.1 Å². The fourth-order valence-corrected chi connectivity index (χ4v) is 1.67. The van der Waals surface area contributed by atoms with Gasteiger partial charge in [-0.1, -0.05) is 12.1 Å². The van der Waals surface area contributed by atoms with Crippen molar-refractivity contribution in [1.29, 1.82) is 0 Å². The molecule has 0 aromatic heterocycles. The van der Waals surface area contributed by atoms with E-state index in [9.17, 15) is 4.79 Å². The van der Waals surface area contributed by atoms with Crippen molar-refractivity contribution in [3.8, 4) is 11.5 Å². The van der Waals surface area contributed by atoms with Gasteiger partial charge in [-0.25, -0.2) is 5.84 Å². The Morgan fingerprint density at radius 2 is 1.65 bits per heavy atom. The summed E-state index contributed by atoms with van der Waals surface area (Å²) in [6.07, 6.45) is 0. The fourth-order valence-electron chi connectivity index (χ4n) is 1.67. The number of nitrogen functional groups attached to an aromatic ring is 1. The lowest BCUT2D eigenvalue weighted by Gasteiger charge is -2.07. The van der Waals surface area contributed by atoms with Crippen LogP contribution in [0.4, 0.5) is 0 Å². The molecule has 5 nitrogen and oxygen atoms in total. The molecule has 0 fully saturated rings. The number of hydrogen-bond donors (Lipinski definition) is 2. The van der Waals surface area contributed by atoms with Crippen molar-refractivity contribution in [2.75, 3.05) is 7.11 Å². The molecule has 0 saturated carbocycles. The van der Waals surface area contributed by atoms with Crippen molar-refractivity contribution in [2.45, 2.75) is 6.61 Å². The number of methoxy groups -OCH3 is 1. The highest BCUT2D eigenvalue weighted by molar-refractivity contribution is 5.93. The number of amides is 1. The fraction of sp³-hybridized carbons (Fsp3) is 0.133. The van der Waals surface area contributed by atoms with E-state index in [4.69, 9.17) is 15.3 Å². The van der Waals surface area contributed by atoms with Crippen molar-refractivity contribution in [3.05, 3.63) is 59.7 Å². The molecule has 0 aliphatic heterocycles. The first kappa shape index (κ1) is 13.9. The summed E-state index contributed by atoms with van der Waals surface area (Å²) < 4.78 is 10.7. The second kappa shape index (κ2) is 6.58. The largest absolute Gasteiger partial charge is 0.497 e. The van der Waals surface area contributed by atoms with E-state index in [1.165, 1.54) is 0 Å². The monoisotopic (exact) mass is 272 g/mol. The zero-order chi connectivity index (χ0) is 14.4. The summed E-state index contributed by atoms with van der Waals surface area (Å²) in [7, 11) is 1.63.